The molecule has 0 unspecified atom stereocenters. The number of pyridine rings is 1. The van der Waals surface area contributed by atoms with Crippen molar-refractivity contribution >= 4 is 16.9 Å². The maximum absolute atomic E-state index is 11.7. The number of methoxy groups -OCH3 is 3. The first-order chi connectivity index (χ1) is 12.5. The molecule has 3 rings (SSSR count). The topological polar surface area (TPSA) is 77.9 Å². The number of fused-ring (bicyclic) bond motifs is 1. The summed E-state index contributed by atoms with van der Waals surface area (Å²) in [7, 11) is 4.58. The van der Waals surface area contributed by atoms with Crippen LogP contribution in [0.15, 0.2) is 36.4 Å². The third-order valence-corrected chi connectivity index (χ3v) is 4.16. The fraction of sp³-hybridized carbons (Fsp3) is 0.200. The number of aromatic carboxylic acids is 1. The maximum atomic E-state index is 11.7. The van der Waals surface area contributed by atoms with Crippen molar-refractivity contribution in [3.63, 3.8) is 0 Å². The number of nitrogens with zero attached hydrogens (tertiary/aromatic N) is 1. The van der Waals surface area contributed by atoms with Gasteiger partial charge >= 0.3 is 5.97 Å². The van der Waals surface area contributed by atoms with Crippen LogP contribution in [-0.4, -0.2) is 37.4 Å². The normalized spacial score (nSPS) is 10.6. The molecule has 0 aliphatic carbocycles. The SMILES string of the molecule is COc1cc(-c2cc(C(=O)O)c3ccc(C)cc3n2)cc(OC)c1OC. The van der Waals surface area contributed by atoms with Gasteiger partial charge in [-0.1, -0.05) is 12.1 Å². The maximum Gasteiger partial charge on any atom is 0.336 e. The highest BCUT2D eigenvalue weighted by atomic mass is 16.5. The first kappa shape index (κ1) is 17.5. The highest BCUT2D eigenvalue weighted by Crippen LogP contribution is 2.41. The van der Waals surface area contributed by atoms with E-state index in [1.165, 1.54) is 21.3 Å². The minimum Gasteiger partial charge on any atom is -0.493 e. The second-order valence-corrected chi connectivity index (χ2v) is 5.79. The molecule has 0 atom stereocenters. The van der Waals surface area contributed by atoms with E-state index in [4.69, 9.17) is 14.2 Å². The van der Waals surface area contributed by atoms with Gasteiger partial charge in [0.1, 0.15) is 0 Å². The number of rotatable bonds is 5. The molecule has 6 heteroatoms. The summed E-state index contributed by atoms with van der Waals surface area (Å²) in [5.41, 5.74) is 3.00. The quantitative estimate of drug-likeness (QED) is 0.749. The Kier molecular flexibility index (Phi) is 4.67. The molecule has 0 saturated heterocycles. The number of carboxylic acid groups (broad SMARTS) is 1. The van der Waals surface area contributed by atoms with Gasteiger partial charge in [0.25, 0.3) is 0 Å². The van der Waals surface area contributed by atoms with E-state index in [0.29, 0.717) is 39.4 Å². The molecular formula is C20H19NO5. The summed E-state index contributed by atoms with van der Waals surface area (Å²) < 4.78 is 16.1. The lowest BCUT2D eigenvalue weighted by molar-refractivity contribution is 0.0699. The lowest BCUT2D eigenvalue weighted by Gasteiger charge is -2.14. The van der Waals surface area contributed by atoms with Crippen molar-refractivity contribution in [1.29, 1.82) is 0 Å². The highest BCUT2D eigenvalue weighted by Gasteiger charge is 2.17. The molecule has 26 heavy (non-hydrogen) atoms. The molecule has 134 valence electrons. The van der Waals surface area contributed by atoms with Crippen LogP contribution in [-0.2, 0) is 0 Å². The monoisotopic (exact) mass is 353 g/mol. The van der Waals surface area contributed by atoms with Gasteiger partial charge < -0.3 is 19.3 Å². The fourth-order valence-electron chi connectivity index (χ4n) is 2.89. The summed E-state index contributed by atoms with van der Waals surface area (Å²) in [4.78, 5) is 16.4. The Morgan fingerprint density at radius 1 is 0.962 bits per heavy atom. The molecule has 3 aromatic rings. The standard InChI is InChI=1S/C20H19NO5/c1-11-5-6-13-14(20(22)23)10-15(21-16(13)7-11)12-8-17(24-2)19(26-4)18(9-12)25-3/h5-10H,1-4H3,(H,22,23). The first-order valence-corrected chi connectivity index (χ1v) is 7.93. The van der Waals surface area contributed by atoms with E-state index < -0.39 is 5.97 Å². The summed E-state index contributed by atoms with van der Waals surface area (Å²) >= 11 is 0. The molecule has 1 aromatic heterocycles. The average Bonchev–Trinajstić information content (AvgIpc) is 2.65. The Labute approximate surface area is 151 Å². The highest BCUT2D eigenvalue weighted by molar-refractivity contribution is 6.04. The van der Waals surface area contributed by atoms with Crippen LogP contribution in [0.5, 0.6) is 17.2 Å². The summed E-state index contributed by atoms with van der Waals surface area (Å²) in [6.45, 7) is 1.94. The smallest absolute Gasteiger partial charge is 0.336 e. The fourth-order valence-corrected chi connectivity index (χ4v) is 2.89. The summed E-state index contributed by atoms with van der Waals surface area (Å²) in [5.74, 6) is 0.415. The van der Waals surface area contributed by atoms with E-state index in [1.54, 1.807) is 24.3 Å². The largest absolute Gasteiger partial charge is 0.493 e. The number of hydrogen-bond acceptors (Lipinski definition) is 5. The van der Waals surface area contributed by atoms with E-state index in [0.717, 1.165) is 5.56 Å². The van der Waals surface area contributed by atoms with Crippen LogP contribution < -0.4 is 14.2 Å². The van der Waals surface area contributed by atoms with Gasteiger partial charge in [-0.2, -0.15) is 0 Å². The number of aromatic nitrogens is 1. The van der Waals surface area contributed by atoms with Crippen molar-refractivity contribution in [2.24, 2.45) is 0 Å². The zero-order valence-corrected chi connectivity index (χ0v) is 15.0. The van der Waals surface area contributed by atoms with Crippen molar-refractivity contribution in [1.82, 2.24) is 4.98 Å². The summed E-state index contributed by atoms with van der Waals surface area (Å²) in [6, 6.07) is 10.6. The van der Waals surface area contributed by atoms with Crippen LogP contribution in [0.4, 0.5) is 0 Å². The predicted molar refractivity (Wildman–Crippen MR) is 98.5 cm³/mol. The van der Waals surface area contributed by atoms with E-state index in [1.807, 2.05) is 19.1 Å². The molecule has 0 spiro atoms. The first-order valence-electron chi connectivity index (χ1n) is 7.93. The Morgan fingerprint density at radius 2 is 1.62 bits per heavy atom. The lowest BCUT2D eigenvalue weighted by Crippen LogP contribution is -2.01. The van der Waals surface area contributed by atoms with Crippen LogP contribution in [0.2, 0.25) is 0 Å². The molecule has 2 aromatic carbocycles. The van der Waals surface area contributed by atoms with Crippen molar-refractivity contribution in [3.05, 3.63) is 47.5 Å². The van der Waals surface area contributed by atoms with Crippen molar-refractivity contribution in [3.8, 4) is 28.5 Å². The zero-order chi connectivity index (χ0) is 18.8. The van der Waals surface area contributed by atoms with E-state index >= 15 is 0 Å². The number of aryl methyl sites for hydroxylation is 1. The van der Waals surface area contributed by atoms with Crippen molar-refractivity contribution in [2.75, 3.05) is 21.3 Å². The molecule has 6 nitrogen and oxygen atoms in total. The van der Waals surface area contributed by atoms with Crippen LogP contribution in [0.3, 0.4) is 0 Å². The van der Waals surface area contributed by atoms with Gasteiger partial charge in [0.15, 0.2) is 11.5 Å². The zero-order valence-electron chi connectivity index (χ0n) is 15.0. The summed E-state index contributed by atoms with van der Waals surface area (Å²) in [6.07, 6.45) is 0. The van der Waals surface area contributed by atoms with Crippen molar-refractivity contribution in [2.45, 2.75) is 6.92 Å². The number of ether oxygens (including phenoxy) is 3. The minimum absolute atomic E-state index is 0.193. The van der Waals surface area contributed by atoms with E-state index in [9.17, 15) is 9.90 Å². The molecule has 1 N–H and O–H groups in total. The molecule has 0 radical (unpaired) electrons. The molecule has 0 aliphatic rings. The Balaban J connectivity index is 2.30. The van der Waals surface area contributed by atoms with Gasteiger partial charge in [-0.05, 0) is 36.8 Å². The van der Waals surface area contributed by atoms with Gasteiger partial charge in [0.2, 0.25) is 5.75 Å². The molecule has 0 fully saturated rings. The summed E-state index contributed by atoms with van der Waals surface area (Å²) in [5, 5.41) is 10.2. The number of carboxylic acids is 1. The predicted octanol–water partition coefficient (Wildman–Crippen LogP) is 3.93. The second-order valence-electron chi connectivity index (χ2n) is 5.79. The van der Waals surface area contributed by atoms with Crippen LogP contribution in [0, 0.1) is 6.92 Å². The van der Waals surface area contributed by atoms with Gasteiger partial charge in [-0.25, -0.2) is 9.78 Å². The Hall–Kier alpha value is -3.28. The average molecular weight is 353 g/mol. The Morgan fingerprint density at radius 3 is 2.15 bits per heavy atom. The van der Waals surface area contributed by atoms with E-state index in [-0.39, 0.29) is 5.56 Å². The van der Waals surface area contributed by atoms with Crippen LogP contribution in [0.25, 0.3) is 22.2 Å². The number of hydrogen-bond donors (Lipinski definition) is 1. The van der Waals surface area contributed by atoms with Gasteiger partial charge in [0.05, 0.1) is 38.1 Å². The molecule has 0 bridgehead atoms. The minimum atomic E-state index is -1.00. The molecular weight excluding hydrogens is 334 g/mol. The van der Waals surface area contributed by atoms with Gasteiger partial charge in [-0.3, -0.25) is 0 Å². The molecule has 0 aliphatic heterocycles. The van der Waals surface area contributed by atoms with Crippen LogP contribution >= 0.6 is 0 Å². The number of carbonyl (C=O) groups is 1. The van der Waals surface area contributed by atoms with Crippen molar-refractivity contribution < 1.29 is 24.1 Å². The lowest BCUT2D eigenvalue weighted by atomic mass is 10.0. The Bertz CT molecular complexity index is 972. The molecule has 0 saturated carbocycles. The number of benzene rings is 2. The third-order valence-electron chi connectivity index (χ3n) is 4.16. The molecule has 0 amide bonds. The van der Waals surface area contributed by atoms with Gasteiger partial charge in [0, 0.05) is 10.9 Å². The van der Waals surface area contributed by atoms with E-state index in [2.05, 4.69) is 4.98 Å². The second kappa shape index (κ2) is 6.92. The third kappa shape index (κ3) is 3.01. The van der Waals surface area contributed by atoms with Crippen LogP contribution in [0.1, 0.15) is 15.9 Å². The molecule has 1 heterocycles. The van der Waals surface area contributed by atoms with Gasteiger partial charge in [-0.15, -0.1) is 0 Å².